The molecule has 0 radical (unpaired) electrons. The second kappa shape index (κ2) is 9.74. The van der Waals surface area contributed by atoms with Crippen LogP contribution in [-0.4, -0.2) is 73.0 Å². The molecule has 0 bridgehead atoms. The van der Waals surface area contributed by atoms with Crippen LogP contribution in [0.1, 0.15) is 29.9 Å². The van der Waals surface area contributed by atoms with Crippen LogP contribution in [-0.2, 0) is 10.0 Å². The molecule has 0 saturated carbocycles. The molecule has 3 heterocycles. The second-order valence-corrected chi connectivity index (χ2v) is 10.6. The molecule has 0 N–H and O–H groups in total. The Morgan fingerprint density at radius 1 is 0.857 bits per heavy atom. The van der Waals surface area contributed by atoms with Gasteiger partial charge in [0.2, 0.25) is 15.9 Å². The lowest BCUT2D eigenvalue weighted by Gasteiger charge is -2.35. The van der Waals surface area contributed by atoms with Crippen LogP contribution >= 0.6 is 0 Å². The smallest absolute Gasteiger partial charge is 0.311 e. The van der Waals surface area contributed by atoms with Crippen molar-refractivity contribution in [3.8, 4) is 11.5 Å². The summed E-state index contributed by atoms with van der Waals surface area (Å²) in [6.45, 7) is 2.84. The van der Waals surface area contributed by atoms with E-state index in [0.29, 0.717) is 50.5 Å². The van der Waals surface area contributed by atoms with E-state index in [-0.39, 0.29) is 28.4 Å². The van der Waals surface area contributed by atoms with Gasteiger partial charge < -0.3 is 14.2 Å². The maximum atomic E-state index is 14.1. The molecule has 2 aliphatic rings. The van der Waals surface area contributed by atoms with Crippen molar-refractivity contribution in [3.05, 3.63) is 60.2 Å². The second-order valence-electron chi connectivity index (χ2n) is 8.63. The molecule has 2 aliphatic heterocycles. The lowest BCUT2D eigenvalue weighted by Crippen LogP contribution is -2.49. The molecule has 35 heavy (non-hydrogen) atoms. The zero-order chi connectivity index (χ0) is 24.4. The number of hydrogen-bond donors (Lipinski definition) is 0. The first-order chi connectivity index (χ1) is 16.9. The third kappa shape index (κ3) is 4.78. The minimum Gasteiger partial charge on any atom is -0.412 e. The zero-order valence-electron chi connectivity index (χ0n) is 19.1. The van der Waals surface area contributed by atoms with Gasteiger partial charge in [-0.2, -0.15) is 4.31 Å². The minimum atomic E-state index is -3.53. The number of nitrogens with zero attached hydrogens (tertiary/aromatic N) is 5. The summed E-state index contributed by atoms with van der Waals surface area (Å²) in [4.78, 5) is 16.6. The van der Waals surface area contributed by atoms with Gasteiger partial charge in [0.15, 0.2) is 0 Å². The number of benzene rings is 2. The average molecular weight is 500 g/mol. The molecule has 2 aromatic carbocycles. The van der Waals surface area contributed by atoms with Crippen molar-refractivity contribution in [1.29, 1.82) is 0 Å². The molecular formula is C24H26FN5O4S. The topological polar surface area (TPSA) is 99.8 Å². The first-order valence-electron chi connectivity index (χ1n) is 11.7. The molecule has 5 rings (SSSR count). The zero-order valence-corrected chi connectivity index (χ0v) is 20.0. The number of para-hydroxylation sites is 1. The summed E-state index contributed by atoms with van der Waals surface area (Å²) in [6.07, 6.45) is 2.78. The SMILES string of the molecule is O=C(c1nnc(-c2ccc(S(=O)(=O)N3CCCCC3)cc2)o1)N1CCN(c2ccccc2F)CC1. The summed E-state index contributed by atoms with van der Waals surface area (Å²) >= 11 is 0. The van der Waals surface area contributed by atoms with Crippen LogP contribution in [0.4, 0.5) is 10.1 Å². The highest BCUT2D eigenvalue weighted by Crippen LogP contribution is 2.25. The van der Waals surface area contributed by atoms with Gasteiger partial charge in [0.05, 0.1) is 10.6 Å². The fourth-order valence-electron chi connectivity index (χ4n) is 4.44. The number of carbonyl (C=O) groups is 1. The van der Waals surface area contributed by atoms with Crippen LogP contribution in [0.25, 0.3) is 11.5 Å². The number of piperazine rings is 1. The highest BCUT2D eigenvalue weighted by molar-refractivity contribution is 7.89. The molecule has 9 nitrogen and oxygen atoms in total. The van der Waals surface area contributed by atoms with Crippen molar-refractivity contribution in [1.82, 2.24) is 19.4 Å². The van der Waals surface area contributed by atoms with Crippen molar-refractivity contribution < 1.29 is 22.0 Å². The lowest BCUT2D eigenvalue weighted by molar-refractivity contribution is 0.0707. The van der Waals surface area contributed by atoms with Crippen molar-refractivity contribution in [3.63, 3.8) is 0 Å². The maximum absolute atomic E-state index is 14.1. The number of sulfonamides is 1. The van der Waals surface area contributed by atoms with E-state index in [1.165, 1.54) is 22.5 Å². The van der Waals surface area contributed by atoms with E-state index in [1.54, 1.807) is 35.2 Å². The van der Waals surface area contributed by atoms with Gasteiger partial charge in [-0.1, -0.05) is 18.6 Å². The molecular weight excluding hydrogens is 473 g/mol. The molecule has 3 aromatic rings. The Morgan fingerprint density at radius 3 is 2.23 bits per heavy atom. The summed E-state index contributed by atoms with van der Waals surface area (Å²) in [6, 6.07) is 12.8. The fourth-order valence-corrected chi connectivity index (χ4v) is 5.96. The van der Waals surface area contributed by atoms with Gasteiger partial charge in [-0.25, -0.2) is 12.8 Å². The predicted octanol–water partition coefficient (Wildman–Crippen LogP) is 3.01. The quantitative estimate of drug-likeness (QED) is 0.532. The Bertz CT molecular complexity index is 1300. The molecule has 184 valence electrons. The Morgan fingerprint density at radius 2 is 1.54 bits per heavy atom. The fraction of sp³-hybridized carbons (Fsp3) is 0.375. The molecule has 0 atom stereocenters. The summed E-state index contributed by atoms with van der Waals surface area (Å²) < 4.78 is 46.8. The Balaban J connectivity index is 1.24. The monoisotopic (exact) mass is 499 g/mol. The Hall–Kier alpha value is -3.31. The summed E-state index contributed by atoms with van der Waals surface area (Å²) in [7, 11) is -3.53. The Labute approximate surface area is 203 Å². The van der Waals surface area contributed by atoms with Gasteiger partial charge in [-0.15, -0.1) is 10.2 Å². The largest absolute Gasteiger partial charge is 0.412 e. The van der Waals surface area contributed by atoms with E-state index in [2.05, 4.69) is 10.2 Å². The molecule has 2 saturated heterocycles. The number of hydrogen-bond acceptors (Lipinski definition) is 7. The third-order valence-electron chi connectivity index (χ3n) is 6.42. The van der Waals surface area contributed by atoms with Gasteiger partial charge in [0.1, 0.15) is 5.82 Å². The van der Waals surface area contributed by atoms with Crippen molar-refractivity contribution in [2.24, 2.45) is 0 Å². The summed E-state index contributed by atoms with van der Waals surface area (Å²) in [5.74, 6) is -0.672. The highest BCUT2D eigenvalue weighted by Gasteiger charge is 2.28. The number of rotatable bonds is 5. The van der Waals surface area contributed by atoms with E-state index in [0.717, 1.165) is 19.3 Å². The average Bonchev–Trinajstić information content (AvgIpc) is 3.40. The normalized spacial score (nSPS) is 17.5. The number of halogens is 1. The molecule has 0 unspecified atom stereocenters. The van der Waals surface area contributed by atoms with Gasteiger partial charge in [-0.3, -0.25) is 4.79 Å². The van der Waals surface area contributed by atoms with E-state index < -0.39 is 10.0 Å². The van der Waals surface area contributed by atoms with Crippen molar-refractivity contribution in [2.45, 2.75) is 24.2 Å². The van der Waals surface area contributed by atoms with Crippen LogP contribution in [0.2, 0.25) is 0 Å². The summed E-state index contributed by atoms with van der Waals surface area (Å²) in [5, 5.41) is 7.87. The van der Waals surface area contributed by atoms with Gasteiger partial charge in [0, 0.05) is 44.8 Å². The standard InChI is InChI=1S/C24H26FN5O4S/c25-20-6-2-3-7-21(20)28-14-16-29(17-15-28)24(31)23-27-26-22(34-23)18-8-10-19(11-9-18)35(32,33)30-12-4-1-5-13-30/h2-3,6-11H,1,4-5,12-17H2. The molecule has 1 aromatic heterocycles. The lowest BCUT2D eigenvalue weighted by atomic mass is 10.2. The van der Waals surface area contributed by atoms with Crippen LogP contribution in [0.5, 0.6) is 0 Å². The van der Waals surface area contributed by atoms with E-state index in [4.69, 9.17) is 4.42 Å². The first-order valence-corrected chi connectivity index (χ1v) is 13.1. The molecule has 1 amide bonds. The van der Waals surface area contributed by atoms with E-state index in [9.17, 15) is 17.6 Å². The predicted molar refractivity (Wildman–Crippen MR) is 127 cm³/mol. The number of anilines is 1. The number of piperidine rings is 1. The van der Waals surface area contributed by atoms with Crippen LogP contribution < -0.4 is 4.90 Å². The molecule has 0 aliphatic carbocycles. The van der Waals surface area contributed by atoms with Gasteiger partial charge in [-0.05, 0) is 49.2 Å². The van der Waals surface area contributed by atoms with Gasteiger partial charge >= 0.3 is 11.8 Å². The third-order valence-corrected chi connectivity index (χ3v) is 8.33. The number of aromatic nitrogens is 2. The van der Waals surface area contributed by atoms with Crippen molar-refractivity contribution in [2.75, 3.05) is 44.2 Å². The van der Waals surface area contributed by atoms with Crippen LogP contribution in [0.15, 0.2) is 57.8 Å². The van der Waals surface area contributed by atoms with Crippen LogP contribution in [0, 0.1) is 5.82 Å². The summed E-state index contributed by atoms with van der Waals surface area (Å²) in [5.41, 5.74) is 1.05. The molecule has 11 heteroatoms. The van der Waals surface area contributed by atoms with E-state index >= 15 is 0 Å². The Kier molecular flexibility index (Phi) is 6.52. The van der Waals surface area contributed by atoms with Gasteiger partial charge in [0.25, 0.3) is 0 Å². The van der Waals surface area contributed by atoms with Crippen molar-refractivity contribution >= 4 is 21.6 Å². The van der Waals surface area contributed by atoms with E-state index in [1.807, 2.05) is 4.90 Å². The maximum Gasteiger partial charge on any atom is 0.311 e. The minimum absolute atomic E-state index is 0.135. The highest BCUT2D eigenvalue weighted by atomic mass is 32.2. The number of amides is 1. The number of carbonyl (C=O) groups excluding carboxylic acids is 1. The first kappa shape index (κ1) is 23.4. The van der Waals surface area contributed by atoms with Crippen LogP contribution in [0.3, 0.4) is 0 Å². The molecule has 0 spiro atoms. The molecule has 2 fully saturated rings.